The largest absolute Gasteiger partial charge is 0.495 e. The fourth-order valence-corrected chi connectivity index (χ4v) is 4.95. The molecule has 0 saturated carbocycles. The SMILES string of the molecule is COc1ccc(C(=O)OCC(=O)OC(C)C)cc1S(=O)(=O)N1CCCCC1C. The number of sulfonamides is 1. The standard InChI is InChI=1S/C19H27NO7S/c1-13(2)27-18(21)12-26-19(22)15-8-9-16(25-4)17(11-15)28(23,24)20-10-6-5-7-14(20)3/h8-9,11,13-14H,5-7,10,12H2,1-4H3. The van der Waals surface area contributed by atoms with Gasteiger partial charge in [0.1, 0.15) is 10.6 Å². The van der Waals surface area contributed by atoms with Crippen molar-refractivity contribution in [2.75, 3.05) is 20.3 Å². The van der Waals surface area contributed by atoms with Gasteiger partial charge in [-0.05, 0) is 51.8 Å². The van der Waals surface area contributed by atoms with Crippen LogP contribution in [0.5, 0.6) is 5.75 Å². The highest BCUT2D eigenvalue weighted by atomic mass is 32.2. The molecule has 28 heavy (non-hydrogen) atoms. The molecule has 0 N–H and O–H groups in total. The Labute approximate surface area is 165 Å². The molecule has 9 heteroatoms. The number of methoxy groups -OCH3 is 1. The van der Waals surface area contributed by atoms with Crippen molar-refractivity contribution in [1.82, 2.24) is 4.31 Å². The normalized spacial score (nSPS) is 18.0. The van der Waals surface area contributed by atoms with E-state index in [1.165, 1.54) is 29.6 Å². The Bertz CT molecular complexity index is 820. The first-order chi connectivity index (χ1) is 13.2. The van der Waals surface area contributed by atoms with Crippen LogP contribution in [0.25, 0.3) is 0 Å². The highest BCUT2D eigenvalue weighted by Crippen LogP contribution is 2.31. The molecule has 1 fully saturated rings. The number of esters is 2. The van der Waals surface area contributed by atoms with Gasteiger partial charge >= 0.3 is 11.9 Å². The summed E-state index contributed by atoms with van der Waals surface area (Å²) in [5, 5.41) is 0. The lowest BCUT2D eigenvalue weighted by molar-refractivity contribution is -0.150. The Hall–Kier alpha value is -2.13. The molecule has 0 aliphatic carbocycles. The second-order valence-electron chi connectivity index (χ2n) is 6.94. The number of benzene rings is 1. The van der Waals surface area contributed by atoms with E-state index in [1.807, 2.05) is 6.92 Å². The second-order valence-corrected chi connectivity index (χ2v) is 8.80. The molecule has 1 aliphatic heterocycles. The Kier molecular flexibility index (Phi) is 7.42. The summed E-state index contributed by atoms with van der Waals surface area (Å²) < 4.78 is 42.8. The predicted octanol–water partition coefficient (Wildman–Crippen LogP) is 2.37. The first-order valence-electron chi connectivity index (χ1n) is 9.23. The van der Waals surface area contributed by atoms with Gasteiger partial charge in [-0.3, -0.25) is 0 Å². The molecule has 1 aromatic rings. The van der Waals surface area contributed by atoms with Gasteiger partial charge in [0, 0.05) is 12.6 Å². The van der Waals surface area contributed by atoms with E-state index in [4.69, 9.17) is 14.2 Å². The van der Waals surface area contributed by atoms with Crippen LogP contribution in [0.4, 0.5) is 0 Å². The molecule has 1 saturated heterocycles. The molecule has 0 bridgehead atoms. The topological polar surface area (TPSA) is 99.2 Å². The van der Waals surface area contributed by atoms with Gasteiger partial charge in [-0.15, -0.1) is 0 Å². The monoisotopic (exact) mass is 413 g/mol. The summed E-state index contributed by atoms with van der Waals surface area (Å²) in [5.74, 6) is -1.34. The average Bonchev–Trinajstić information content (AvgIpc) is 2.65. The summed E-state index contributed by atoms with van der Waals surface area (Å²) >= 11 is 0. The highest BCUT2D eigenvalue weighted by molar-refractivity contribution is 7.89. The average molecular weight is 413 g/mol. The maximum absolute atomic E-state index is 13.2. The summed E-state index contributed by atoms with van der Waals surface area (Å²) in [7, 11) is -2.48. The highest BCUT2D eigenvalue weighted by Gasteiger charge is 2.33. The van der Waals surface area contributed by atoms with Gasteiger partial charge in [0.2, 0.25) is 10.0 Å². The Morgan fingerprint density at radius 1 is 1.25 bits per heavy atom. The van der Waals surface area contributed by atoms with Crippen molar-refractivity contribution in [3.63, 3.8) is 0 Å². The van der Waals surface area contributed by atoms with Crippen molar-refractivity contribution < 1.29 is 32.2 Å². The fraction of sp³-hybridized carbons (Fsp3) is 0.579. The maximum atomic E-state index is 13.2. The lowest BCUT2D eigenvalue weighted by Crippen LogP contribution is -2.42. The third kappa shape index (κ3) is 5.23. The van der Waals surface area contributed by atoms with Gasteiger partial charge in [0.25, 0.3) is 0 Å². The molecule has 1 aromatic carbocycles. The summed E-state index contributed by atoms with van der Waals surface area (Å²) in [5.41, 5.74) is 0.0152. The number of carbonyl (C=O) groups excluding carboxylic acids is 2. The molecule has 1 aliphatic rings. The van der Waals surface area contributed by atoms with E-state index >= 15 is 0 Å². The number of carbonyl (C=O) groups is 2. The summed E-state index contributed by atoms with van der Waals surface area (Å²) in [6, 6.07) is 3.90. The van der Waals surface area contributed by atoms with Crippen LogP contribution in [-0.4, -0.2) is 57.1 Å². The zero-order chi connectivity index (χ0) is 20.9. The first-order valence-corrected chi connectivity index (χ1v) is 10.7. The molecule has 156 valence electrons. The molecular weight excluding hydrogens is 386 g/mol. The summed E-state index contributed by atoms with van der Waals surface area (Å²) in [4.78, 5) is 23.7. The number of hydrogen-bond acceptors (Lipinski definition) is 7. The van der Waals surface area contributed by atoms with E-state index < -0.39 is 28.6 Å². The lowest BCUT2D eigenvalue weighted by atomic mass is 10.1. The van der Waals surface area contributed by atoms with Crippen molar-refractivity contribution in [1.29, 1.82) is 0 Å². The molecule has 1 unspecified atom stereocenters. The van der Waals surface area contributed by atoms with E-state index in [1.54, 1.807) is 13.8 Å². The molecule has 0 aromatic heterocycles. The van der Waals surface area contributed by atoms with Gasteiger partial charge in [0.05, 0.1) is 18.8 Å². The van der Waals surface area contributed by atoms with Crippen LogP contribution in [0.3, 0.4) is 0 Å². The van der Waals surface area contributed by atoms with Gasteiger partial charge in [-0.25, -0.2) is 18.0 Å². The predicted molar refractivity (Wildman–Crippen MR) is 102 cm³/mol. The number of rotatable bonds is 7. The van der Waals surface area contributed by atoms with E-state index in [9.17, 15) is 18.0 Å². The van der Waals surface area contributed by atoms with Crippen molar-refractivity contribution in [3.8, 4) is 5.75 Å². The second kappa shape index (κ2) is 9.38. The van der Waals surface area contributed by atoms with Gasteiger partial charge in [-0.1, -0.05) is 6.42 Å². The molecule has 0 radical (unpaired) electrons. The number of ether oxygens (including phenoxy) is 3. The molecule has 2 rings (SSSR count). The third-order valence-corrected chi connectivity index (χ3v) is 6.45. The molecule has 8 nitrogen and oxygen atoms in total. The summed E-state index contributed by atoms with van der Waals surface area (Å²) in [6.07, 6.45) is 2.21. The smallest absolute Gasteiger partial charge is 0.344 e. The van der Waals surface area contributed by atoms with Crippen molar-refractivity contribution in [3.05, 3.63) is 23.8 Å². The quantitative estimate of drug-likeness (QED) is 0.633. The zero-order valence-electron chi connectivity index (χ0n) is 16.6. The van der Waals surface area contributed by atoms with Gasteiger partial charge < -0.3 is 14.2 Å². The van der Waals surface area contributed by atoms with Gasteiger partial charge in [0.15, 0.2) is 6.61 Å². The van der Waals surface area contributed by atoms with Crippen molar-refractivity contribution in [2.24, 2.45) is 0 Å². The number of nitrogens with zero attached hydrogens (tertiary/aromatic N) is 1. The van der Waals surface area contributed by atoms with Crippen molar-refractivity contribution in [2.45, 2.75) is 57.1 Å². The minimum absolute atomic E-state index is 0.0152. The Morgan fingerprint density at radius 2 is 1.96 bits per heavy atom. The van der Waals surface area contributed by atoms with E-state index in [0.717, 1.165) is 19.3 Å². The third-order valence-electron chi connectivity index (χ3n) is 4.42. The first kappa shape index (κ1) is 22.2. The molecule has 1 heterocycles. The minimum atomic E-state index is -3.85. The van der Waals surface area contributed by atoms with Crippen LogP contribution < -0.4 is 4.74 Å². The minimum Gasteiger partial charge on any atom is -0.495 e. The maximum Gasteiger partial charge on any atom is 0.344 e. The van der Waals surface area contributed by atoms with Crippen molar-refractivity contribution >= 4 is 22.0 Å². The summed E-state index contributed by atoms with van der Waals surface area (Å²) in [6.45, 7) is 5.10. The van der Waals surface area contributed by atoms with Crippen LogP contribution in [0, 0.1) is 0 Å². The van der Waals surface area contributed by atoms with Crippen LogP contribution in [0.1, 0.15) is 50.4 Å². The Balaban J connectivity index is 2.25. The molecule has 1 atom stereocenters. The fourth-order valence-electron chi connectivity index (χ4n) is 3.07. The molecular formula is C19H27NO7S. The lowest BCUT2D eigenvalue weighted by Gasteiger charge is -2.32. The van der Waals surface area contributed by atoms with Gasteiger partial charge in [-0.2, -0.15) is 4.31 Å². The number of piperidine rings is 1. The van der Waals surface area contributed by atoms with Crippen LogP contribution >= 0.6 is 0 Å². The number of hydrogen-bond donors (Lipinski definition) is 0. The zero-order valence-corrected chi connectivity index (χ0v) is 17.5. The van der Waals surface area contributed by atoms with Crippen LogP contribution in [0.15, 0.2) is 23.1 Å². The molecule has 0 amide bonds. The van der Waals surface area contributed by atoms with E-state index in [0.29, 0.717) is 6.54 Å². The Morgan fingerprint density at radius 3 is 2.57 bits per heavy atom. The van der Waals surface area contributed by atoms with Crippen LogP contribution in [-0.2, 0) is 24.3 Å². The van der Waals surface area contributed by atoms with E-state index in [-0.39, 0.29) is 28.4 Å². The molecule has 0 spiro atoms. The van der Waals surface area contributed by atoms with E-state index in [2.05, 4.69) is 0 Å². The van der Waals surface area contributed by atoms with Crippen LogP contribution in [0.2, 0.25) is 0 Å².